The molecule has 0 amide bonds. The van der Waals surface area contributed by atoms with E-state index in [0.717, 1.165) is 37.8 Å². The van der Waals surface area contributed by atoms with Crippen LogP contribution in [0, 0.1) is 0 Å². The monoisotopic (exact) mass is 398 g/mol. The predicted molar refractivity (Wildman–Crippen MR) is 116 cm³/mol. The molecule has 1 aliphatic carbocycles. The lowest BCUT2D eigenvalue weighted by atomic mass is 9.93. The molecule has 0 aromatic heterocycles. The van der Waals surface area contributed by atoms with Gasteiger partial charge < -0.3 is 5.11 Å². The van der Waals surface area contributed by atoms with Crippen LogP contribution in [0.3, 0.4) is 0 Å². The first-order valence-corrected chi connectivity index (χ1v) is 11.1. The third-order valence-corrected chi connectivity index (χ3v) is 6.95. The molecule has 1 N–H and O–H groups in total. The fourth-order valence-electron chi connectivity index (χ4n) is 4.88. The lowest BCUT2D eigenvalue weighted by Gasteiger charge is -2.44. The SMILES string of the molecule is Oc1ccc(C(Cl)C(c2ccccc2)N2CCN(C3CCCCC3)CC2)cc1. The predicted octanol–water partition coefficient (Wildman–Crippen LogP) is 5.36. The number of benzene rings is 2. The van der Waals surface area contributed by atoms with Crippen LogP contribution in [0.2, 0.25) is 0 Å². The summed E-state index contributed by atoms with van der Waals surface area (Å²) in [6.07, 6.45) is 6.93. The third-order valence-electron chi connectivity index (χ3n) is 6.46. The number of halogens is 1. The quantitative estimate of drug-likeness (QED) is 0.686. The van der Waals surface area contributed by atoms with Gasteiger partial charge in [-0.3, -0.25) is 9.80 Å². The number of hydrogen-bond donors (Lipinski definition) is 1. The van der Waals surface area contributed by atoms with Crippen molar-refractivity contribution in [3.63, 3.8) is 0 Å². The highest BCUT2D eigenvalue weighted by Crippen LogP contribution is 2.40. The molecule has 4 rings (SSSR count). The molecule has 1 saturated heterocycles. The second-order valence-electron chi connectivity index (χ2n) is 8.21. The highest BCUT2D eigenvalue weighted by molar-refractivity contribution is 6.21. The Labute approximate surface area is 173 Å². The summed E-state index contributed by atoms with van der Waals surface area (Å²) in [5.74, 6) is 0.282. The molecule has 2 aliphatic rings. The number of alkyl halides is 1. The zero-order valence-electron chi connectivity index (χ0n) is 16.5. The molecule has 1 saturated carbocycles. The molecule has 4 heteroatoms. The number of piperazine rings is 1. The van der Waals surface area contributed by atoms with Gasteiger partial charge in [0.15, 0.2) is 0 Å². The van der Waals surface area contributed by atoms with Crippen molar-refractivity contribution in [3.05, 3.63) is 65.7 Å². The molecule has 2 unspecified atom stereocenters. The Hall–Kier alpha value is -1.55. The molecule has 28 heavy (non-hydrogen) atoms. The van der Waals surface area contributed by atoms with Gasteiger partial charge in [-0.1, -0.05) is 61.7 Å². The number of rotatable bonds is 5. The first kappa shape index (κ1) is 19.8. The fraction of sp³-hybridized carbons (Fsp3) is 0.500. The summed E-state index contributed by atoms with van der Waals surface area (Å²) in [5, 5.41) is 9.49. The smallest absolute Gasteiger partial charge is 0.115 e. The first-order valence-electron chi connectivity index (χ1n) is 10.7. The van der Waals surface area contributed by atoms with Crippen LogP contribution in [0.4, 0.5) is 0 Å². The summed E-state index contributed by atoms with van der Waals surface area (Å²) in [6, 6.07) is 18.9. The molecule has 0 spiro atoms. The molecule has 0 radical (unpaired) electrons. The van der Waals surface area contributed by atoms with Crippen molar-refractivity contribution in [2.45, 2.75) is 49.6 Å². The van der Waals surface area contributed by atoms with Crippen LogP contribution in [-0.2, 0) is 0 Å². The van der Waals surface area contributed by atoms with Gasteiger partial charge in [0, 0.05) is 32.2 Å². The molecule has 2 atom stereocenters. The largest absolute Gasteiger partial charge is 0.508 e. The lowest BCUT2D eigenvalue weighted by Crippen LogP contribution is -2.52. The molecular formula is C24H31ClN2O. The van der Waals surface area contributed by atoms with E-state index in [1.807, 2.05) is 12.1 Å². The second kappa shape index (κ2) is 9.30. The van der Waals surface area contributed by atoms with E-state index < -0.39 is 0 Å². The summed E-state index contributed by atoms with van der Waals surface area (Å²) in [6.45, 7) is 4.37. The number of aromatic hydroxyl groups is 1. The summed E-state index contributed by atoms with van der Waals surface area (Å²) in [5.41, 5.74) is 2.32. The maximum atomic E-state index is 9.64. The van der Waals surface area contributed by atoms with Crippen LogP contribution < -0.4 is 0 Å². The highest BCUT2D eigenvalue weighted by Gasteiger charge is 2.33. The maximum Gasteiger partial charge on any atom is 0.115 e. The summed E-state index contributed by atoms with van der Waals surface area (Å²) < 4.78 is 0. The molecule has 1 heterocycles. The van der Waals surface area contributed by atoms with Crippen molar-refractivity contribution in [2.75, 3.05) is 26.2 Å². The van der Waals surface area contributed by atoms with Crippen LogP contribution >= 0.6 is 11.6 Å². The maximum absolute atomic E-state index is 9.64. The zero-order chi connectivity index (χ0) is 19.3. The normalized spacial score (nSPS) is 22.0. The van der Waals surface area contributed by atoms with Crippen molar-refractivity contribution in [1.82, 2.24) is 9.80 Å². The average molecular weight is 399 g/mol. The summed E-state index contributed by atoms with van der Waals surface area (Å²) in [7, 11) is 0. The summed E-state index contributed by atoms with van der Waals surface area (Å²) in [4.78, 5) is 5.26. The highest BCUT2D eigenvalue weighted by atomic mass is 35.5. The second-order valence-corrected chi connectivity index (χ2v) is 8.68. The fourth-order valence-corrected chi connectivity index (χ4v) is 5.33. The zero-order valence-corrected chi connectivity index (χ0v) is 17.3. The summed E-state index contributed by atoms with van der Waals surface area (Å²) >= 11 is 7.04. The Morgan fingerprint density at radius 1 is 0.786 bits per heavy atom. The lowest BCUT2D eigenvalue weighted by molar-refractivity contribution is 0.0547. The van der Waals surface area contributed by atoms with Crippen molar-refractivity contribution in [3.8, 4) is 5.75 Å². The van der Waals surface area contributed by atoms with Gasteiger partial charge in [0.1, 0.15) is 5.75 Å². The molecule has 2 aromatic carbocycles. The molecule has 2 fully saturated rings. The van der Waals surface area contributed by atoms with Crippen LogP contribution in [0.1, 0.15) is 54.6 Å². The van der Waals surface area contributed by atoms with Gasteiger partial charge in [0.05, 0.1) is 11.4 Å². The van der Waals surface area contributed by atoms with Gasteiger partial charge in [0.25, 0.3) is 0 Å². The van der Waals surface area contributed by atoms with Gasteiger partial charge in [0.2, 0.25) is 0 Å². The molecule has 3 nitrogen and oxygen atoms in total. The van der Waals surface area contributed by atoms with Crippen molar-refractivity contribution in [1.29, 1.82) is 0 Å². The van der Waals surface area contributed by atoms with Crippen molar-refractivity contribution in [2.24, 2.45) is 0 Å². The Morgan fingerprint density at radius 2 is 1.43 bits per heavy atom. The molecule has 1 aliphatic heterocycles. The van der Waals surface area contributed by atoms with E-state index in [9.17, 15) is 5.11 Å². The van der Waals surface area contributed by atoms with Gasteiger partial charge in [-0.25, -0.2) is 0 Å². The first-order chi connectivity index (χ1) is 13.7. The molecule has 0 bridgehead atoms. The van der Waals surface area contributed by atoms with Crippen LogP contribution in [0.15, 0.2) is 54.6 Å². The van der Waals surface area contributed by atoms with E-state index in [2.05, 4.69) is 40.1 Å². The van der Waals surface area contributed by atoms with E-state index in [1.54, 1.807) is 12.1 Å². The topological polar surface area (TPSA) is 26.7 Å². The van der Waals surface area contributed by atoms with Crippen LogP contribution in [-0.4, -0.2) is 47.1 Å². The van der Waals surface area contributed by atoms with Gasteiger partial charge in [-0.2, -0.15) is 0 Å². The number of phenolic OH excluding ortho intramolecular Hbond substituents is 1. The van der Waals surface area contributed by atoms with E-state index >= 15 is 0 Å². The average Bonchev–Trinajstić information content (AvgIpc) is 2.76. The van der Waals surface area contributed by atoms with Gasteiger partial charge in [-0.05, 0) is 36.1 Å². The number of hydrogen-bond acceptors (Lipinski definition) is 3. The Kier molecular flexibility index (Phi) is 6.56. The van der Waals surface area contributed by atoms with Crippen molar-refractivity contribution >= 4 is 11.6 Å². The third kappa shape index (κ3) is 4.53. The van der Waals surface area contributed by atoms with E-state index in [1.165, 1.54) is 37.7 Å². The standard InChI is InChI=1S/C24H31ClN2O/c25-23(19-11-13-22(28)14-12-19)24(20-7-3-1-4-8-20)27-17-15-26(16-18-27)21-9-5-2-6-10-21/h1,3-4,7-8,11-14,21,23-24,28H,2,5-6,9-10,15-18H2. The Balaban J connectivity index is 1.50. The number of nitrogens with zero attached hydrogens (tertiary/aromatic N) is 2. The Morgan fingerprint density at radius 3 is 2.07 bits per heavy atom. The minimum atomic E-state index is -0.149. The van der Waals surface area contributed by atoms with E-state index in [4.69, 9.17) is 11.6 Å². The van der Waals surface area contributed by atoms with Gasteiger partial charge in [-0.15, -0.1) is 11.6 Å². The van der Waals surface area contributed by atoms with Crippen LogP contribution in [0.25, 0.3) is 0 Å². The molecular weight excluding hydrogens is 368 g/mol. The van der Waals surface area contributed by atoms with Crippen LogP contribution in [0.5, 0.6) is 5.75 Å². The number of phenols is 1. The molecule has 150 valence electrons. The van der Waals surface area contributed by atoms with Gasteiger partial charge >= 0.3 is 0 Å². The minimum Gasteiger partial charge on any atom is -0.508 e. The Bertz CT molecular complexity index is 722. The van der Waals surface area contributed by atoms with E-state index in [-0.39, 0.29) is 17.2 Å². The molecule has 2 aromatic rings. The minimum absolute atomic E-state index is 0.140. The van der Waals surface area contributed by atoms with E-state index in [0.29, 0.717) is 0 Å². The van der Waals surface area contributed by atoms with Crippen molar-refractivity contribution < 1.29 is 5.11 Å².